The number of benzene rings is 1. The Kier molecular flexibility index (Phi) is 4.96. The minimum atomic E-state index is -2.72. The zero-order valence-corrected chi connectivity index (χ0v) is 15.5. The SMILES string of the molecule is CCN1C(c2nn(Cc3ccccc3F)c3ncccc23)=NC(O)=CC1C(F)F. The van der Waals surface area contributed by atoms with Crippen LogP contribution in [0.15, 0.2) is 59.5 Å². The highest BCUT2D eigenvalue weighted by Crippen LogP contribution is 2.26. The molecule has 0 radical (unpaired) electrons. The minimum absolute atomic E-state index is 0.111. The second-order valence-electron chi connectivity index (χ2n) is 6.54. The molecule has 1 N–H and O–H groups in total. The maximum atomic E-state index is 14.1. The molecule has 29 heavy (non-hydrogen) atoms. The summed E-state index contributed by atoms with van der Waals surface area (Å²) < 4.78 is 42.7. The number of aliphatic hydroxyl groups is 1. The van der Waals surface area contributed by atoms with E-state index < -0.39 is 18.4 Å². The first-order valence-electron chi connectivity index (χ1n) is 9.09. The number of aliphatic imine (C=N–C) groups is 1. The molecule has 3 aromatic rings. The largest absolute Gasteiger partial charge is 0.493 e. The first-order valence-corrected chi connectivity index (χ1v) is 9.09. The van der Waals surface area contributed by atoms with Gasteiger partial charge in [-0.15, -0.1) is 0 Å². The lowest BCUT2D eigenvalue weighted by Crippen LogP contribution is -2.46. The third-order valence-electron chi connectivity index (χ3n) is 4.77. The zero-order valence-electron chi connectivity index (χ0n) is 15.5. The standard InChI is InChI=1S/C20H18F3N5O/c1-2-27-15(18(22)23)10-16(29)25-20(27)17-13-7-5-9-24-19(13)28(26-17)11-12-6-3-4-8-14(12)21/h3-10,15,18,29H,2,11H2,1H3. The minimum Gasteiger partial charge on any atom is -0.493 e. The van der Waals surface area contributed by atoms with Gasteiger partial charge in [0.2, 0.25) is 5.88 Å². The third kappa shape index (κ3) is 3.43. The number of nitrogens with zero attached hydrogens (tertiary/aromatic N) is 5. The Morgan fingerprint density at radius 2 is 1.97 bits per heavy atom. The van der Waals surface area contributed by atoms with E-state index in [1.807, 2.05) is 0 Å². The van der Waals surface area contributed by atoms with E-state index in [9.17, 15) is 18.3 Å². The van der Waals surface area contributed by atoms with Gasteiger partial charge in [-0.25, -0.2) is 22.8 Å². The molecule has 4 rings (SSSR count). The molecule has 1 aromatic carbocycles. The highest BCUT2D eigenvalue weighted by atomic mass is 19.3. The summed E-state index contributed by atoms with van der Waals surface area (Å²) in [6.45, 7) is 2.07. The Bertz CT molecular complexity index is 1110. The van der Waals surface area contributed by atoms with E-state index in [1.165, 1.54) is 15.6 Å². The molecule has 0 saturated heterocycles. The van der Waals surface area contributed by atoms with E-state index in [1.54, 1.807) is 43.5 Å². The lowest BCUT2D eigenvalue weighted by molar-refractivity contribution is 0.0778. The van der Waals surface area contributed by atoms with Crippen molar-refractivity contribution in [3.63, 3.8) is 0 Å². The number of pyridine rings is 1. The van der Waals surface area contributed by atoms with E-state index >= 15 is 0 Å². The van der Waals surface area contributed by atoms with E-state index in [0.29, 0.717) is 22.3 Å². The van der Waals surface area contributed by atoms with Gasteiger partial charge in [0.1, 0.15) is 17.6 Å². The van der Waals surface area contributed by atoms with Gasteiger partial charge in [-0.1, -0.05) is 18.2 Å². The Morgan fingerprint density at radius 1 is 1.17 bits per heavy atom. The van der Waals surface area contributed by atoms with Crippen molar-refractivity contribution >= 4 is 16.9 Å². The molecule has 0 bridgehead atoms. The molecule has 9 heteroatoms. The summed E-state index contributed by atoms with van der Waals surface area (Å²) >= 11 is 0. The number of amidine groups is 1. The number of hydrogen-bond acceptors (Lipinski definition) is 5. The van der Waals surface area contributed by atoms with Crippen LogP contribution in [0.25, 0.3) is 11.0 Å². The Balaban J connectivity index is 1.84. The first kappa shape index (κ1) is 19.0. The summed E-state index contributed by atoms with van der Waals surface area (Å²) in [7, 11) is 0. The van der Waals surface area contributed by atoms with Crippen LogP contribution in [0, 0.1) is 5.82 Å². The van der Waals surface area contributed by atoms with Crippen molar-refractivity contribution in [3.8, 4) is 0 Å². The maximum absolute atomic E-state index is 14.1. The number of hydrogen-bond donors (Lipinski definition) is 1. The normalized spacial score (nSPS) is 17.0. The number of rotatable bonds is 5. The van der Waals surface area contributed by atoms with Crippen molar-refractivity contribution in [2.75, 3.05) is 6.54 Å². The van der Waals surface area contributed by atoms with Gasteiger partial charge < -0.3 is 10.0 Å². The van der Waals surface area contributed by atoms with Gasteiger partial charge >= 0.3 is 0 Å². The topological polar surface area (TPSA) is 66.5 Å². The molecule has 6 nitrogen and oxygen atoms in total. The van der Waals surface area contributed by atoms with Crippen molar-refractivity contribution in [2.24, 2.45) is 4.99 Å². The van der Waals surface area contributed by atoms with Crippen LogP contribution in [0.5, 0.6) is 0 Å². The fourth-order valence-corrected chi connectivity index (χ4v) is 3.43. The molecular formula is C20H18F3N5O. The van der Waals surface area contributed by atoms with Gasteiger partial charge in [-0.3, -0.25) is 0 Å². The van der Waals surface area contributed by atoms with Crippen LogP contribution in [-0.4, -0.2) is 49.6 Å². The van der Waals surface area contributed by atoms with E-state index in [2.05, 4.69) is 15.1 Å². The highest BCUT2D eigenvalue weighted by molar-refractivity contribution is 6.08. The molecule has 0 aliphatic carbocycles. The summed E-state index contributed by atoms with van der Waals surface area (Å²) in [6.07, 6.45) is -0.118. The summed E-state index contributed by atoms with van der Waals surface area (Å²) in [4.78, 5) is 9.78. The molecule has 150 valence electrons. The maximum Gasteiger partial charge on any atom is 0.262 e. The first-order chi connectivity index (χ1) is 14.0. The molecule has 0 saturated carbocycles. The zero-order chi connectivity index (χ0) is 20.5. The van der Waals surface area contributed by atoms with Gasteiger partial charge in [0.25, 0.3) is 6.43 Å². The Hall–Kier alpha value is -3.36. The number of halogens is 3. The van der Waals surface area contributed by atoms with Crippen molar-refractivity contribution < 1.29 is 18.3 Å². The summed E-state index contributed by atoms with van der Waals surface area (Å²) in [6, 6.07) is 8.43. The van der Waals surface area contributed by atoms with Crippen molar-refractivity contribution in [3.05, 3.63) is 71.6 Å². The Labute approximate surface area is 164 Å². The average Bonchev–Trinajstić information content (AvgIpc) is 3.07. The van der Waals surface area contributed by atoms with Gasteiger partial charge in [0, 0.05) is 24.4 Å². The van der Waals surface area contributed by atoms with Crippen LogP contribution in [0.4, 0.5) is 13.2 Å². The monoisotopic (exact) mass is 401 g/mol. The molecule has 1 aliphatic rings. The summed E-state index contributed by atoms with van der Waals surface area (Å²) in [5.41, 5.74) is 1.18. The van der Waals surface area contributed by atoms with Gasteiger partial charge in [0.15, 0.2) is 11.5 Å². The number of fused-ring (bicyclic) bond motifs is 1. The number of alkyl halides is 2. The van der Waals surface area contributed by atoms with Crippen molar-refractivity contribution in [2.45, 2.75) is 25.9 Å². The molecule has 1 atom stereocenters. The number of aliphatic hydroxyl groups excluding tert-OH is 1. The van der Waals surface area contributed by atoms with E-state index in [4.69, 9.17) is 0 Å². The molecule has 1 unspecified atom stereocenters. The van der Waals surface area contributed by atoms with Crippen LogP contribution in [0.1, 0.15) is 18.2 Å². The number of likely N-dealkylation sites (N-methyl/N-ethyl adjacent to an activating group) is 1. The van der Waals surface area contributed by atoms with Crippen LogP contribution in [0.3, 0.4) is 0 Å². The van der Waals surface area contributed by atoms with Crippen LogP contribution in [-0.2, 0) is 6.54 Å². The van der Waals surface area contributed by atoms with Crippen LogP contribution >= 0.6 is 0 Å². The Morgan fingerprint density at radius 3 is 2.69 bits per heavy atom. The average molecular weight is 401 g/mol. The second kappa shape index (κ2) is 7.57. The fraction of sp³-hybridized carbons (Fsp3) is 0.250. The smallest absolute Gasteiger partial charge is 0.262 e. The predicted octanol–water partition coefficient (Wildman–Crippen LogP) is 3.73. The third-order valence-corrected chi connectivity index (χ3v) is 4.77. The molecule has 0 fully saturated rings. The highest BCUT2D eigenvalue weighted by Gasteiger charge is 2.34. The van der Waals surface area contributed by atoms with Gasteiger partial charge in [0.05, 0.1) is 11.9 Å². The molecule has 2 aromatic heterocycles. The quantitative estimate of drug-likeness (QED) is 0.708. The molecule has 3 heterocycles. The summed E-state index contributed by atoms with van der Waals surface area (Å²) in [5.74, 6) is -0.740. The summed E-state index contributed by atoms with van der Waals surface area (Å²) in [5, 5.41) is 15.0. The lowest BCUT2D eigenvalue weighted by Gasteiger charge is -2.32. The van der Waals surface area contributed by atoms with E-state index in [-0.39, 0.29) is 24.7 Å². The number of aromatic nitrogens is 3. The van der Waals surface area contributed by atoms with E-state index in [0.717, 1.165) is 6.08 Å². The second-order valence-corrected chi connectivity index (χ2v) is 6.54. The van der Waals surface area contributed by atoms with Crippen molar-refractivity contribution in [1.29, 1.82) is 0 Å². The lowest BCUT2D eigenvalue weighted by atomic mass is 10.1. The van der Waals surface area contributed by atoms with Crippen molar-refractivity contribution in [1.82, 2.24) is 19.7 Å². The molecular weight excluding hydrogens is 383 g/mol. The van der Waals surface area contributed by atoms with Gasteiger partial charge in [-0.2, -0.15) is 10.1 Å². The van der Waals surface area contributed by atoms with Crippen LogP contribution < -0.4 is 0 Å². The van der Waals surface area contributed by atoms with Crippen LogP contribution in [0.2, 0.25) is 0 Å². The predicted molar refractivity (Wildman–Crippen MR) is 102 cm³/mol. The molecule has 0 amide bonds. The molecule has 0 spiro atoms. The fourth-order valence-electron chi connectivity index (χ4n) is 3.43. The molecule has 1 aliphatic heterocycles. The van der Waals surface area contributed by atoms with Gasteiger partial charge in [-0.05, 0) is 25.1 Å².